The van der Waals surface area contributed by atoms with Gasteiger partial charge in [-0.15, -0.1) is 11.3 Å². The summed E-state index contributed by atoms with van der Waals surface area (Å²) in [5, 5.41) is 5.53. The van der Waals surface area contributed by atoms with Gasteiger partial charge in [0.2, 0.25) is 0 Å². The second kappa shape index (κ2) is 5.98. The van der Waals surface area contributed by atoms with E-state index in [2.05, 4.69) is 46.8 Å². The standard InChI is InChI=1S/C14H19N3S/c1-11-6-4-8-14(16-11)15-10-12(17(2)3)13-7-5-9-18-13/h4-9,12H,10H2,1-3H3,(H,15,16). The number of pyridine rings is 1. The van der Waals surface area contributed by atoms with Crippen molar-refractivity contribution in [2.24, 2.45) is 0 Å². The SMILES string of the molecule is Cc1cccc(NCC(c2cccs2)N(C)C)n1. The molecule has 0 bridgehead atoms. The third-order valence-electron chi connectivity index (χ3n) is 2.86. The van der Waals surface area contributed by atoms with Crippen LogP contribution in [0.2, 0.25) is 0 Å². The van der Waals surface area contributed by atoms with Crippen LogP contribution < -0.4 is 5.32 Å². The first-order valence-electron chi connectivity index (χ1n) is 6.04. The van der Waals surface area contributed by atoms with Crippen LogP contribution in [0.4, 0.5) is 5.82 Å². The van der Waals surface area contributed by atoms with Gasteiger partial charge in [0, 0.05) is 17.1 Å². The van der Waals surface area contributed by atoms with Gasteiger partial charge in [-0.25, -0.2) is 4.98 Å². The van der Waals surface area contributed by atoms with E-state index in [4.69, 9.17) is 0 Å². The number of likely N-dealkylation sites (N-methyl/N-ethyl adjacent to an activating group) is 1. The summed E-state index contributed by atoms with van der Waals surface area (Å²) in [7, 11) is 4.21. The summed E-state index contributed by atoms with van der Waals surface area (Å²) in [5.74, 6) is 0.943. The highest BCUT2D eigenvalue weighted by atomic mass is 32.1. The molecule has 4 heteroatoms. The smallest absolute Gasteiger partial charge is 0.126 e. The molecule has 0 fully saturated rings. The molecular formula is C14H19N3S. The van der Waals surface area contributed by atoms with Crippen molar-refractivity contribution in [2.75, 3.05) is 26.0 Å². The van der Waals surface area contributed by atoms with Gasteiger partial charge in [-0.2, -0.15) is 0 Å². The van der Waals surface area contributed by atoms with Gasteiger partial charge in [0.05, 0.1) is 6.04 Å². The minimum absolute atomic E-state index is 0.382. The fourth-order valence-corrected chi connectivity index (χ4v) is 2.78. The van der Waals surface area contributed by atoms with Crippen LogP contribution in [-0.2, 0) is 0 Å². The predicted octanol–water partition coefficient (Wildman–Crippen LogP) is 3.17. The molecule has 2 heterocycles. The summed E-state index contributed by atoms with van der Waals surface area (Å²) in [5.41, 5.74) is 1.04. The van der Waals surface area contributed by atoms with Gasteiger partial charge in [-0.3, -0.25) is 0 Å². The highest BCUT2D eigenvalue weighted by Crippen LogP contribution is 2.23. The van der Waals surface area contributed by atoms with Crippen molar-refractivity contribution in [1.29, 1.82) is 0 Å². The van der Waals surface area contributed by atoms with E-state index in [1.165, 1.54) is 4.88 Å². The summed E-state index contributed by atoms with van der Waals surface area (Å²) >= 11 is 1.80. The second-order valence-corrected chi connectivity index (χ2v) is 5.52. The molecule has 0 aliphatic heterocycles. The van der Waals surface area contributed by atoms with Gasteiger partial charge in [0.1, 0.15) is 5.82 Å². The third kappa shape index (κ3) is 3.31. The zero-order valence-electron chi connectivity index (χ0n) is 11.1. The van der Waals surface area contributed by atoms with Gasteiger partial charge >= 0.3 is 0 Å². The van der Waals surface area contributed by atoms with E-state index < -0.39 is 0 Å². The minimum atomic E-state index is 0.382. The molecule has 3 nitrogen and oxygen atoms in total. The van der Waals surface area contributed by atoms with E-state index in [-0.39, 0.29) is 0 Å². The van der Waals surface area contributed by atoms with Crippen LogP contribution in [-0.4, -0.2) is 30.5 Å². The molecule has 0 saturated heterocycles. The fourth-order valence-electron chi connectivity index (χ4n) is 1.86. The van der Waals surface area contributed by atoms with Gasteiger partial charge in [0.25, 0.3) is 0 Å². The Kier molecular flexibility index (Phi) is 4.33. The van der Waals surface area contributed by atoms with Crippen LogP contribution in [0.25, 0.3) is 0 Å². The Bertz CT molecular complexity index is 480. The van der Waals surface area contributed by atoms with Crippen molar-refractivity contribution in [3.8, 4) is 0 Å². The molecule has 0 aliphatic carbocycles. The molecule has 1 atom stereocenters. The maximum atomic E-state index is 4.46. The number of thiophene rings is 1. The van der Waals surface area contributed by atoms with Crippen LogP contribution >= 0.6 is 11.3 Å². The topological polar surface area (TPSA) is 28.2 Å². The minimum Gasteiger partial charge on any atom is -0.368 e. The molecule has 0 aliphatic rings. The van der Waals surface area contributed by atoms with Crippen molar-refractivity contribution in [3.63, 3.8) is 0 Å². The second-order valence-electron chi connectivity index (χ2n) is 4.54. The highest BCUT2D eigenvalue weighted by molar-refractivity contribution is 7.10. The summed E-state index contributed by atoms with van der Waals surface area (Å²) < 4.78 is 0. The number of hydrogen-bond acceptors (Lipinski definition) is 4. The van der Waals surface area contributed by atoms with E-state index in [1.54, 1.807) is 11.3 Å². The Balaban J connectivity index is 2.03. The largest absolute Gasteiger partial charge is 0.368 e. The number of aromatic nitrogens is 1. The third-order valence-corrected chi connectivity index (χ3v) is 3.83. The van der Waals surface area contributed by atoms with Gasteiger partial charge in [0.15, 0.2) is 0 Å². The first-order chi connectivity index (χ1) is 8.66. The first kappa shape index (κ1) is 13.1. The maximum Gasteiger partial charge on any atom is 0.126 e. The van der Waals surface area contributed by atoms with Crippen molar-refractivity contribution in [1.82, 2.24) is 9.88 Å². The number of aryl methyl sites for hydroxylation is 1. The quantitative estimate of drug-likeness (QED) is 0.896. The zero-order valence-corrected chi connectivity index (χ0v) is 11.9. The molecular weight excluding hydrogens is 242 g/mol. The summed E-state index contributed by atoms with van der Waals surface area (Å²) in [6.07, 6.45) is 0. The number of nitrogens with one attached hydrogen (secondary N) is 1. The normalized spacial score (nSPS) is 12.7. The lowest BCUT2D eigenvalue weighted by Gasteiger charge is -2.23. The Hall–Kier alpha value is -1.39. The lowest BCUT2D eigenvalue weighted by molar-refractivity contribution is 0.316. The molecule has 0 radical (unpaired) electrons. The van der Waals surface area contributed by atoms with Crippen molar-refractivity contribution >= 4 is 17.2 Å². The van der Waals surface area contributed by atoms with E-state index in [9.17, 15) is 0 Å². The number of hydrogen-bond donors (Lipinski definition) is 1. The molecule has 0 spiro atoms. The fraction of sp³-hybridized carbons (Fsp3) is 0.357. The molecule has 18 heavy (non-hydrogen) atoms. The molecule has 1 unspecified atom stereocenters. The average molecular weight is 261 g/mol. The van der Waals surface area contributed by atoms with Crippen molar-refractivity contribution in [2.45, 2.75) is 13.0 Å². The van der Waals surface area contributed by atoms with E-state index in [0.717, 1.165) is 18.1 Å². The average Bonchev–Trinajstić information content (AvgIpc) is 2.82. The van der Waals surface area contributed by atoms with Crippen LogP contribution in [0.15, 0.2) is 35.7 Å². The van der Waals surface area contributed by atoms with E-state index >= 15 is 0 Å². The highest BCUT2D eigenvalue weighted by Gasteiger charge is 2.14. The molecule has 0 aromatic carbocycles. The Morgan fingerprint density at radius 1 is 1.28 bits per heavy atom. The first-order valence-corrected chi connectivity index (χ1v) is 6.92. The van der Waals surface area contributed by atoms with Crippen LogP contribution in [0, 0.1) is 6.92 Å². The summed E-state index contributed by atoms with van der Waals surface area (Å²) in [6.45, 7) is 2.87. The Labute approximate surface area is 112 Å². The van der Waals surface area contributed by atoms with Gasteiger partial charge < -0.3 is 10.2 Å². The lowest BCUT2D eigenvalue weighted by Crippen LogP contribution is -2.26. The van der Waals surface area contributed by atoms with Crippen molar-refractivity contribution < 1.29 is 0 Å². The van der Waals surface area contributed by atoms with E-state index in [1.807, 2.05) is 25.1 Å². The molecule has 96 valence electrons. The molecule has 0 amide bonds. The monoisotopic (exact) mass is 261 g/mol. The molecule has 2 rings (SSSR count). The van der Waals surface area contributed by atoms with Crippen LogP contribution in [0.1, 0.15) is 16.6 Å². The summed E-state index contributed by atoms with van der Waals surface area (Å²) in [4.78, 5) is 8.07. The lowest BCUT2D eigenvalue weighted by atomic mass is 10.2. The molecule has 2 aromatic heterocycles. The van der Waals surface area contributed by atoms with Gasteiger partial charge in [-0.1, -0.05) is 12.1 Å². The zero-order chi connectivity index (χ0) is 13.0. The number of rotatable bonds is 5. The maximum absolute atomic E-state index is 4.46. The van der Waals surface area contributed by atoms with E-state index in [0.29, 0.717) is 6.04 Å². The molecule has 1 N–H and O–H groups in total. The van der Waals surface area contributed by atoms with Crippen molar-refractivity contribution in [3.05, 3.63) is 46.3 Å². The predicted molar refractivity (Wildman–Crippen MR) is 78.2 cm³/mol. The number of anilines is 1. The molecule has 2 aromatic rings. The Morgan fingerprint density at radius 3 is 2.72 bits per heavy atom. The van der Waals surface area contributed by atoms with Gasteiger partial charge in [-0.05, 0) is 44.6 Å². The Morgan fingerprint density at radius 2 is 2.11 bits per heavy atom. The molecule has 0 saturated carbocycles. The van der Waals surface area contributed by atoms with Crippen LogP contribution in [0.5, 0.6) is 0 Å². The summed E-state index contributed by atoms with van der Waals surface area (Å²) in [6, 6.07) is 10.7. The number of nitrogens with zero attached hydrogens (tertiary/aromatic N) is 2. The van der Waals surface area contributed by atoms with Crippen LogP contribution in [0.3, 0.4) is 0 Å².